The molecule has 0 amide bonds. The molecule has 4 nitrogen and oxygen atoms in total. The van der Waals surface area contributed by atoms with Gasteiger partial charge in [-0.2, -0.15) is 0 Å². The van der Waals surface area contributed by atoms with Crippen molar-refractivity contribution in [2.24, 2.45) is 11.8 Å². The van der Waals surface area contributed by atoms with Gasteiger partial charge < -0.3 is 5.73 Å². The minimum Gasteiger partial charge on any atom is -0.396 e. The third kappa shape index (κ3) is 4.08. The van der Waals surface area contributed by atoms with E-state index in [0.29, 0.717) is 18.4 Å². The van der Waals surface area contributed by atoms with Crippen LogP contribution >= 0.6 is 11.6 Å². The molecule has 1 aliphatic rings. The van der Waals surface area contributed by atoms with E-state index in [-0.39, 0.29) is 15.6 Å². The fraction of sp³-hybridized carbons (Fsp3) is 0.571. The lowest BCUT2D eigenvalue weighted by Gasteiger charge is -2.26. The summed E-state index contributed by atoms with van der Waals surface area (Å²) < 4.78 is 40.3. The van der Waals surface area contributed by atoms with Crippen LogP contribution in [0.15, 0.2) is 17.0 Å². The molecule has 3 N–H and O–H groups in total. The third-order valence-corrected chi connectivity index (χ3v) is 5.93. The topological polar surface area (TPSA) is 72.2 Å². The summed E-state index contributed by atoms with van der Waals surface area (Å²) in [6, 6.07) is 1.98. The monoisotopic (exact) mass is 334 g/mol. The highest BCUT2D eigenvalue weighted by Crippen LogP contribution is 2.29. The molecule has 1 saturated carbocycles. The average Bonchev–Trinajstić information content (AvgIpc) is 2.42. The SMILES string of the molecule is CC1CCC(CNS(=O)(=O)c2cc(N)c(F)cc2Cl)CC1. The largest absolute Gasteiger partial charge is 0.396 e. The van der Waals surface area contributed by atoms with Crippen LogP contribution in [0.3, 0.4) is 0 Å². The highest BCUT2D eigenvalue weighted by molar-refractivity contribution is 7.89. The number of sulfonamides is 1. The second kappa shape index (κ2) is 6.50. The van der Waals surface area contributed by atoms with Crippen molar-refractivity contribution in [1.82, 2.24) is 4.72 Å². The van der Waals surface area contributed by atoms with Crippen molar-refractivity contribution in [3.63, 3.8) is 0 Å². The molecule has 0 aromatic heterocycles. The van der Waals surface area contributed by atoms with Crippen molar-refractivity contribution in [3.05, 3.63) is 23.0 Å². The van der Waals surface area contributed by atoms with Gasteiger partial charge in [0.05, 0.1) is 10.7 Å². The van der Waals surface area contributed by atoms with Gasteiger partial charge in [-0.25, -0.2) is 17.5 Å². The van der Waals surface area contributed by atoms with Crippen LogP contribution in [0, 0.1) is 17.7 Å². The van der Waals surface area contributed by atoms with Crippen LogP contribution in [-0.2, 0) is 10.0 Å². The van der Waals surface area contributed by atoms with E-state index < -0.39 is 15.8 Å². The second-order valence-corrected chi connectivity index (χ2v) is 7.92. The van der Waals surface area contributed by atoms with Crippen molar-refractivity contribution < 1.29 is 12.8 Å². The Morgan fingerprint density at radius 3 is 2.57 bits per heavy atom. The number of anilines is 1. The number of nitrogen functional groups attached to an aromatic ring is 1. The van der Waals surface area contributed by atoms with Crippen LogP contribution in [0.5, 0.6) is 0 Å². The lowest BCUT2D eigenvalue weighted by molar-refractivity contribution is 0.290. The Labute approximate surface area is 129 Å². The van der Waals surface area contributed by atoms with Gasteiger partial charge in [-0.05, 0) is 36.8 Å². The molecule has 0 spiro atoms. The Bertz CT molecular complexity index is 614. The van der Waals surface area contributed by atoms with Crippen LogP contribution in [0.1, 0.15) is 32.6 Å². The normalized spacial score (nSPS) is 23.2. The summed E-state index contributed by atoms with van der Waals surface area (Å²) >= 11 is 5.81. The number of nitrogens with two attached hydrogens (primary N) is 1. The summed E-state index contributed by atoms with van der Waals surface area (Å²) in [4.78, 5) is -0.174. The van der Waals surface area contributed by atoms with Crippen LogP contribution in [0.4, 0.5) is 10.1 Å². The van der Waals surface area contributed by atoms with Gasteiger partial charge in [-0.15, -0.1) is 0 Å². The molecule has 0 unspecified atom stereocenters. The second-order valence-electron chi connectivity index (χ2n) is 5.78. The smallest absolute Gasteiger partial charge is 0.242 e. The molecule has 0 heterocycles. The van der Waals surface area contributed by atoms with E-state index in [2.05, 4.69) is 11.6 Å². The number of nitrogens with one attached hydrogen (secondary N) is 1. The zero-order valence-electron chi connectivity index (χ0n) is 11.9. The van der Waals surface area contributed by atoms with Gasteiger partial charge in [0, 0.05) is 6.54 Å². The van der Waals surface area contributed by atoms with E-state index in [9.17, 15) is 12.8 Å². The summed E-state index contributed by atoms with van der Waals surface area (Å²) in [5.74, 6) is 0.331. The molecule has 0 bridgehead atoms. The summed E-state index contributed by atoms with van der Waals surface area (Å²) in [5, 5.41) is -0.161. The van der Waals surface area contributed by atoms with Gasteiger partial charge >= 0.3 is 0 Å². The van der Waals surface area contributed by atoms with Crippen LogP contribution in [-0.4, -0.2) is 15.0 Å². The maximum Gasteiger partial charge on any atom is 0.242 e. The van der Waals surface area contributed by atoms with Crippen molar-refractivity contribution in [2.75, 3.05) is 12.3 Å². The number of rotatable bonds is 4. The number of benzene rings is 1. The first-order valence-corrected chi connectivity index (χ1v) is 8.90. The molecule has 1 aliphatic carbocycles. The van der Waals surface area contributed by atoms with E-state index in [4.69, 9.17) is 17.3 Å². The van der Waals surface area contributed by atoms with Gasteiger partial charge in [0.2, 0.25) is 10.0 Å². The summed E-state index contributed by atoms with van der Waals surface area (Å²) in [7, 11) is -3.77. The van der Waals surface area contributed by atoms with Gasteiger partial charge in [-0.1, -0.05) is 31.4 Å². The average molecular weight is 335 g/mol. The third-order valence-electron chi connectivity index (χ3n) is 4.04. The van der Waals surface area contributed by atoms with Gasteiger partial charge in [0.15, 0.2) is 0 Å². The lowest BCUT2D eigenvalue weighted by Crippen LogP contribution is -2.31. The van der Waals surface area contributed by atoms with Crippen LogP contribution < -0.4 is 10.5 Å². The first kappa shape index (κ1) is 16.5. The summed E-state index contributed by atoms with van der Waals surface area (Å²) in [6.07, 6.45) is 4.28. The van der Waals surface area contributed by atoms with Gasteiger partial charge in [0.1, 0.15) is 10.7 Å². The van der Waals surface area contributed by atoms with E-state index in [1.807, 2.05) is 0 Å². The molecule has 21 heavy (non-hydrogen) atoms. The van der Waals surface area contributed by atoms with Crippen molar-refractivity contribution in [1.29, 1.82) is 0 Å². The quantitative estimate of drug-likeness (QED) is 0.831. The fourth-order valence-corrected chi connectivity index (χ4v) is 4.25. The van der Waals surface area contributed by atoms with E-state index in [1.54, 1.807) is 0 Å². The minimum absolute atomic E-state index is 0.161. The van der Waals surface area contributed by atoms with E-state index in [1.165, 1.54) is 0 Å². The van der Waals surface area contributed by atoms with Crippen molar-refractivity contribution >= 4 is 27.3 Å². The van der Waals surface area contributed by atoms with Crippen LogP contribution in [0.25, 0.3) is 0 Å². The molecule has 1 aromatic carbocycles. The molecule has 7 heteroatoms. The first-order valence-electron chi connectivity index (χ1n) is 7.04. The molecule has 118 valence electrons. The minimum atomic E-state index is -3.77. The zero-order valence-corrected chi connectivity index (χ0v) is 13.5. The standard InChI is InChI=1S/C14H20ClFN2O2S/c1-9-2-4-10(5-3-9)8-18-21(19,20)14-7-13(17)12(16)6-11(14)15/h6-7,9-10,18H,2-5,8,17H2,1H3. The molecular weight excluding hydrogens is 315 g/mol. The zero-order chi connectivity index (χ0) is 15.6. The van der Waals surface area contributed by atoms with E-state index >= 15 is 0 Å². The first-order chi connectivity index (χ1) is 9.79. The Morgan fingerprint density at radius 1 is 1.33 bits per heavy atom. The predicted octanol–water partition coefficient (Wildman–Crippen LogP) is 3.17. The molecule has 2 rings (SSSR count). The fourth-order valence-electron chi connectivity index (χ4n) is 2.59. The summed E-state index contributed by atoms with van der Waals surface area (Å²) in [6.45, 7) is 2.59. The highest BCUT2D eigenvalue weighted by atomic mass is 35.5. The molecule has 0 saturated heterocycles. The number of hydrogen-bond donors (Lipinski definition) is 2. The molecular formula is C14H20ClFN2O2S. The number of hydrogen-bond acceptors (Lipinski definition) is 3. The molecule has 0 atom stereocenters. The summed E-state index contributed by atoms with van der Waals surface area (Å²) in [5.41, 5.74) is 5.18. The molecule has 1 fully saturated rings. The Kier molecular flexibility index (Phi) is 5.11. The Balaban J connectivity index is 2.07. The molecule has 0 aliphatic heterocycles. The maximum atomic E-state index is 13.2. The lowest BCUT2D eigenvalue weighted by atomic mass is 9.83. The maximum absolute atomic E-state index is 13.2. The Morgan fingerprint density at radius 2 is 1.95 bits per heavy atom. The van der Waals surface area contributed by atoms with Gasteiger partial charge in [-0.3, -0.25) is 0 Å². The Hall–Kier alpha value is -0.850. The molecule has 1 aromatic rings. The number of halogens is 2. The van der Waals surface area contributed by atoms with Crippen LogP contribution in [0.2, 0.25) is 5.02 Å². The van der Waals surface area contributed by atoms with Gasteiger partial charge in [0.25, 0.3) is 0 Å². The highest BCUT2D eigenvalue weighted by Gasteiger charge is 2.23. The van der Waals surface area contributed by atoms with Crippen molar-refractivity contribution in [3.8, 4) is 0 Å². The van der Waals surface area contributed by atoms with Crippen molar-refractivity contribution in [2.45, 2.75) is 37.5 Å². The molecule has 0 radical (unpaired) electrons. The predicted molar refractivity (Wildman–Crippen MR) is 82.1 cm³/mol. The van der Waals surface area contributed by atoms with E-state index in [0.717, 1.165) is 37.8 Å².